The van der Waals surface area contributed by atoms with Crippen molar-refractivity contribution in [3.63, 3.8) is 0 Å². The van der Waals surface area contributed by atoms with Crippen LogP contribution in [0.3, 0.4) is 0 Å². The zero-order chi connectivity index (χ0) is 40.6. The van der Waals surface area contributed by atoms with Crippen molar-refractivity contribution in [2.24, 2.45) is 0 Å². The smallest absolute Gasteiger partial charge is 0.208 e. The fraction of sp³-hybridized carbons (Fsp3) is 0. The minimum atomic E-state index is -1.02. The molecule has 0 saturated heterocycles. The van der Waals surface area contributed by atoms with Crippen LogP contribution in [0.1, 0.15) is 0 Å². The number of hydrogen-bond acceptors (Lipinski definition) is 7. The van der Waals surface area contributed by atoms with Crippen molar-refractivity contribution in [1.29, 1.82) is 0 Å². The van der Waals surface area contributed by atoms with Gasteiger partial charge in [-0.2, -0.15) is 0 Å². The number of fused-ring (bicyclic) bond motifs is 8. The van der Waals surface area contributed by atoms with Crippen molar-refractivity contribution in [1.82, 2.24) is 4.57 Å². The number of hydrogen-bond donors (Lipinski definition) is 5. The van der Waals surface area contributed by atoms with Crippen LogP contribution in [0.5, 0.6) is 28.7 Å². The molecule has 60 heavy (non-hydrogen) atoms. The maximum Gasteiger partial charge on any atom is 0.208 e. The molecular weight excluding hydrogens is 765 g/mol. The maximum atomic E-state index is 11.6. The fourth-order valence-corrected chi connectivity index (χ4v) is 9.86. The number of nitrogens with zero attached hydrogens (tertiary/aromatic N) is 2. The largest absolute Gasteiger partial charge is 0.503 e. The minimum Gasteiger partial charge on any atom is -0.503 e. The Kier molecular flexibility index (Phi) is 7.98. The van der Waals surface area contributed by atoms with Crippen LogP contribution in [0.15, 0.2) is 176 Å². The molecule has 0 bridgehead atoms. The zero-order valence-electron chi connectivity index (χ0n) is 31.8. The molecule has 11 aromatic rings. The van der Waals surface area contributed by atoms with Gasteiger partial charge in [-0.05, 0) is 87.6 Å². The highest BCUT2D eigenvalue weighted by Crippen LogP contribution is 2.59. The first-order valence-corrected chi connectivity index (χ1v) is 20.3. The number of para-hydroxylation sites is 1. The molecular formula is C52H34N2O5S. The van der Waals surface area contributed by atoms with Crippen LogP contribution in [-0.2, 0) is 0 Å². The summed E-state index contributed by atoms with van der Waals surface area (Å²) < 4.78 is 4.17. The Bertz CT molecular complexity index is 3460. The van der Waals surface area contributed by atoms with Crippen molar-refractivity contribution in [3.05, 3.63) is 176 Å². The van der Waals surface area contributed by atoms with E-state index in [0.717, 1.165) is 69.9 Å². The second-order valence-corrected chi connectivity index (χ2v) is 15.9. The van der Waals surface area contributed by atoms with Crippen molar-refractivity contribution >= 4 is 81.1 Å². The summed E-state index contributed by atoms with van der Waals surface area (Å²) in [5.74, 6) is -4.53. The molecule has 0 unspecified atom stereocenters. The Morgan fingerprint density at radius 2 is 1.03 bits per heavy atom. The van der Waals surface area contributed by atoms with Crippen LogP contribution in [-0.4, -0.2) is 30.1 Å². The van der Waals surface area contributed by atoms with E-state index in [-0.39, 0.29) is 5.69 Å². The van der Waals surface area contributed by atoms with Gasteiger partial charge in [0, 0.05) is 37.6 Å². The van der Waals surface area contributed by atoms with Gasteiger partial charge in [0.2, 0.25) is 17.2 Å². The van der Waals surface area contributed by atoms with Crippen LogP contribution in [0.4, 0.5) is 17.1 Å². The average molecular weight is 799 g/mol. The standard InChI is InChI=1S/C52H34N2O5S/c55-47-46(48(56)50(58)51(59)49(47)57)54(36-23-19-31(20-24-36)30-11-3-1-4-12-30)43-29-34(27-40-38-17-9-10-18-44(38)60-52(40)43)33-21-25-39-42(28-33)53(35-14-5-2-6-15-35)41-26-22-32-13-7-8-16-37(32)45(39)41/h1-29,55-59H. The predicted molar refractivity (Wildman–Crippen MR) is 245 cm³/mol. The third-order valence-electron chi connectivity index (χ3n) is 11.5. The van der Waals surface area contributed by atoms with Crippen LogP contribution in [0.2, 0.25) is 0 Å². The summed E-state index contributed by atoms with van der Waals surface area (Å²) in [5.41, 5.74) is 7.68. The van der Waals surface area contributed by atoms with Gasteiger partial charge >= 0.3 is 0 Å². The topological polar surface area (TPSA) is 109 Å². The molecule has 0 aliphatic heterocycles. The van der Waals surface area contributed by atoms with E-state index < -0.39 is 28.7 Å². The van der Waals surface area contributed by atoms with Gasteiger partial charge in [0.1, 0.15) is 5.69 Å². The number of anilines is 3. The second kappa shape index (κ2) is 13.6. The molecule has 288 valence electrons. The summed E-state index contributed by atoms with van der Waals surface area (Å²) in [4.78, 5) is 1.63. The van der Waals surface area contributed by atoms with Crippen LogP contribution in [0.25, 0.3) is 80.7 Å². The Balaban J connectivity index is 1.21. The Morgan fingerprint density at radius 3 is 1.78 bits per heavy atom. The average Bonchev–Trinajstić information content (AvgIpc) is 3.85. The molecule has 0 aliphatic rings. The lowest BCUT2D eigenvalue weighted by Crippen LogP contribution is -2.11. The number of benzene rings is 9. The highest BCUT2D eigenvalue weighted by molar-refractivity contribution is 7.26. The molecule has 2 heterocycles. The van der Waals surface area contributed by atoms with Crippen molar-refractivity contribution < 1.29 is 25.5 Å². The van der Waals surface area contributed by atoms with E-state index in [0.29, 0.717) is 11.4 Å². The van der Waals surface area contributed by atoms with E-state index >= 15 is 0 Å². The Hall–Kier alpha value is -7.94. The molecule has 7 nitrogen and oxygen atoms in total. The van der Waals surface area contributed by atoms with Crippen LogP contribution in [0, 0.1) is 0 Å². The quantitative estimate of drug-likeness (QED) is 0.0847. The van der Waals surface area contributed by atoms with Crippen molar-refractivity contribution in [2.45, 2.75) is 0 Å². The lowest BCUT2D eigenvalue weighted by molar-refractivity contribution is 0.329. The van der Waals surface area contributed by atoms with E-state index in [1.54, 1.807) is 16.2 Å². The summed E-state index contributed by atoms with van der Waals surface area (Å²) in [6.45, 7) is 0. The van der Waals surface area contributed by atoms with Gasteiger partial charge < -0.3 is 35.0 Å². The molecule has 8 heteroatoms. The summed E-state index contributed by atoms with van der Waals surface area (Å²) in [6, 6.07) is 59.5. The normalized spacial score (nSPS) is 11.7. The first kappa shape index (κ1) is 35.2. The summed E-state index contributed by atoms with van der Waals surface area (Å²) in [6.07, 6.45) is 0. The molecule has 0 atom stereocenters. The molecule has 0 aliphatic carbocycles. The molecule has 0 amide bonds. The summed E-state index contributed by atoms with van der Waals surface area (Å²) >= 11 is 1.56. The molecule has 0 spiro atoms. The minimum absolute atomic E-state index is 0.294. The number of phenols is 5. The van der Waals surface area contributed by atoms with Gasteiger partial charge in [-0.15, -0.1) is 11.3 Å². The highest BCUT2D eigenvalue weighted by Gasteiger charge is 2.31. The Labute approximate surface area is 347 Å². The summed E-state index contributed by atoms with van der Waals surface area (Å²) in [7, 11) is 0. The van der Waals surface area contributed by atoms with Crippen molar-refractivity contribution in [2.75, 3.05) is 4.90 Å². The number of phenolic OH excluding ortho intramolecular Hbond substituents is 5. The third kappa shape index (κ3) is 5.35. The molecule has 0 radical (unpaired) electrons. The lowest BCUT2D eigenvalue weighted by Gasteiger charge is -2.28. The zero-order valence-corrected chi connectivity index (χ0v) is 32.6. The van der Waals surface area contributed by atoms with E-state index in [1.807, 2.05) is 91.0 Å². The molecule has 0 saturated carbocycles. The van der Waals surface area contributed by atoms with Crippen molar-refractivity contribution in [3.8, 4) is 56.7 Å². The van der Waals surface area contributed by atoms with E-state index in [9.17, 15) is 25.5 Å². The fourth-order valence-electron chi connectivity index (χ4n) is 8.67. The number of rotatable bonds is 6. The lowest BCUT2D eigenvalue weighted by atomic mass is 9.98. The molecule has 11 rings (SSSR count). The Morgan fingerprint density at radius 1 is 0.417 bits per heavy atom. The second-order valence-electron chi connectivity index (χ2n) is 14.9. The van der Waals surface area contributed by atoms with Gasteiger partial charge in [-0.1, -0.05) is 121 Å². The van der Waals surface area contributed by atoms with E-state index in [2.05, 4.69) is 89.5 Å². The van der Waals surface area contributed by atoms with Gasteiger partial charge in [0.15, 0.2) is 11.5 Å². The van der Waals surface area contributed by atoms with Gasteiger partial charge in [-0.3, -0.25) is 0 Å². The molecule has 2 aromatic heterocycles. The monoisotopic (exact) mass is 798 g/mol. The molecule has 9 aromatic carbocycles. The summed E-state index contributed by atoms with van der Waals surface area (Å²) in [5, 5.41) is 62.1. The van der Waals surface area contributed by atoms with Crippen LogP contribution < -0.4 is 4.90 Å². The van der Waals surface area contributed by atoms with Gasteiger partial charge in [0.25, 0.3) is 0 Å². The third-order valence-corrected chi connectivity index (χ3v) is 12.7. The van der Waals surface area contributed by atoms with Gasteiger partial charge in [-0.25, -0.2) is 0 Å². The number of aromatic hydroxyl groups is 5. The molecule has 0 fully saturated rings. The number of aromatic nitrogens is 1. The number of thiophene rings is 1. The van der Waals surface area contributed by atoms with Gasteiger partial charge in [0.05, 0.1) is 21.4 Å². The van der Waals surface area contributed by atoms with Crippen LogP contribution >= 0.6 is 11.3 Å². The first-order valence-electron chi connectivity index (χ1n) is 19.5. The highest BCUT2D eigenvalue weighted by atomic mass is 32.1. The SMILES string of the molecule is Oc1c(O)c(O)c(N(c2ccc(-c3ccccc3)cc2)c2cc(-c3ccc4c5c6ccccc6ccc5n(-c5ccccc5)c4c3)cc3c2sc2ccccc23)c(O)c1O. The van der Waals surface area contributed by atoms with E-state index in [4.69, 9.17) is 0 Å². The van der Waals surface area contributed by atoms with E-state index in [1.165, 1.54) is 10.8 Å². The maximum absolute atomic E-state index is 11.6. The molecule has 5 N–H and O–H groups in total. The first-order chi connectivity index (χ1) is 29.4. The predicted octanol–water partition coefficient (Wildman–Crippen LogP) is 13.6.